The minimum absolute atomic E-state index is 0.104. The summed E-state index contributed by atoms with van der Waals surface area (Å²) in [5.41, 5.74) is 1.09. The molecule has 1 amide bonds. The number of nitrogens with one attached hydrogen (secondary N) is 1. The molecular formula is C16H22BrNO3. The van der Waals surface area contributed by atoms with Gasteiger partial charge in [0.2, 0.25) is 5.91 Å². The van der Waals surface area contributed by atoms with Gasteiger partial charge in [0, 0.05) is 17.4 Å². The number of aliphatic carboxylic acids is 1. The fourth-order valence-electron chi connectivity index (χ4n) is 2.16. The highest BCUT2D eigenvalue weighted by atomic mass is 79.9. The molecule has 1 aromatic rings. The highest BCUT2D eigenvalue weighted by Crippen LogP contribution is 2.21. The van der Waals surface area contributed by atoms with E-state index in [9.17, 15) is 9.59 Å². The number of rotatable bonds is 8. The Hall–Kier alpha value is -1.36. The second-order valence-corrected chi connectivity index (χ2v) is 6.20. The largest absolute Gasteiger partial charge is 0.481 e. The van der Waals surface area contributed by atoms with Gasteiger partial charge >= 0.3 is 5.97 Å². The van der Waals surface area contributed by atoms with Gasteiger partial charge in [-0.15, -0.1) is 0 Å². The van der Waals surface area contributed by atoms with Crippen molar-refractivity contribution in [2.45, 2.75) is 39.0 Å². The monoisotopic (exact) mass is 355 g/mol. The first-order chi connectivity index (χ1) is 9.93. The number of hydrogen-bond donors (Lipinski definition) is 2. The van der Waals surface area contributed by atoms with Crippen LogP contribution in [0.2, 0.25) is 0 Å². The van der Waals surface area contributed by atoms with Crippen LogP contribution in [-0.2, 0) is 9.59 Å². The molecule has 1 rings (SSSR count). The lowest BCUT2D eigenvalue weighted by Gasteiger charge is -2.15. The van der Waals surface area contributed by atoms with Gasteiger partial charge in [-0.25, -0.2) is 0 Å². The maximum absolute atomic E-state index is 11.9. The Balaban J connectivity index is 2.45. The van der Waals surface area contributed by atoms with Crippen LogP contribution in [0.3, 0.4) is 0 Å². The number of carbonyl (C=O) groups excluding carboxylic acids is 1. The molecule has 0 bridgehead atoms. The van der Waals surface area contributed by atoms with Gasteiger partial charge in [0.25, 0.3) is 0 Å². The second-order valence-electron chi connectivity index (χ2n) is 5.28. The highest BCUT2D eigenvalue weighted by molar-refractivity contribution is 9.10. The summed E-state index contributed by atoms with van der Waals surface area (Å²) in [7, 11) is 0. The maximum Gasteiger partial charge on any atom is 0.308 e. The van der Waals surface area contributed by atoms with Gasteiger partial charge in [-0.3, -0.25) is 9.59 Å². The van der Waals surface area contributed by atoms with Crippen molar-refractivity contribution in [2.75, 3.05) is 6.54 Å². The molecule has 4 nitrogen and oxygen atoms in total. The van der Waals surface area contributed by atoms with Crippen LogP contribution in [0.15, 0.2) is 28.7 Å². The number of carboxylic acids is 1. The van der Waals surface area contributed by atoms with E-state index >= 15 is 0 Å². The lowest BCUT2D eigenvalue weighted by molar-refractivity contribution is -0.141. The normalized spacial score (nSPS) is 13.5. The standard InChI is InChI=1S/C16H22BrNO3/c1-3-4-13(16(20)21)10-18-15(19)9-11(2)12-5-7-14(17)8-6-12/h5-8,11,13H,3-4,9-10H2,1-2H3,(H,18,19)(H,20,21). The smallest absolute Gasteiger partial charge is 0.308 e. The van der Waals surface area contributed by atoms with Crippen LogP contribution in [-0.4, -0.2) is 23.5 Å². The van der Waals surface area contributed by atoms with E-state index in [1.165, 1.54) is 0 Å². The molecule has 0 radical (unpaired) electrons. The molecule has 116 valence electrons. The third kappa shape index (κ3) is 6.29. The van der Waals surface area contributed by atoms with E-state index in [-0.39, 0.29) is 18.4 Å². The first-order valence-electron chi connectivity index (χ1n) is 7.19. The molecule has 0 heterocycles. The van der Waals surface area contributed by atoms with E-state index in [1.54, 1.807) is 0 Å². The molecule has 0 saturated heterocycles. The molecule has 21 heavy (non-hydrogen) atoms. The summed E-state index contributed by atoms with van der Waals surface area (Å²) in [4.78, 5) is 22.9. The molecule has 0 aliphatic heterocycles. The Labute approximate surface area is 134 Å². The van der Waals surface area contributed by atoms with Crippen LogP contribution >= 0.6 is 15.9 Å². The minimum Gasteiger partial charge on any atom is -0.481 e. The van der Waals surface area contributed by atoms with Gasteiger partial charge in [0.05, 0.1) is 5.92 Å². The fourth-order valence-corrected chi connectivity index (χ4v) is 2.42. The minimum atomic E-state index is -0.849. The summed E-state index contributed by atoms with van der Waals surface area (Å²) in [5, 5.41) is 11.8. The Morgan fingerprint density at radius 1 is 1.29 bits per heavy atom. The molecule has 1 aromatic carbocycles. The molecule has 0 fully saturated rings. The third-order valence-corrected chi connectivity index (χ3v) is 3.99. The fraction of sp³-hybridized carbons (Fsp3) is 0.500. The topological polar surface area (TPSA) is 66.4 Å². The molecule has 0 saturated carbocycles. The van der Waals surface area contributed by atoms with Gasteiger partial charge in [0.1, 0.15) is 0 Å². The zero-order valence-electron chi connectivity index (χ0n) is 12.4. The number of benzene rings is 1. The Morgan fingerprint density at radius 2 is 1.90 bits per heavy atom. The van der Waals surface area contributed by atoms with Gasteiger partial charge < -0.3 is 10.4 Å². The van der Waals surface area contributed by atoms with Crippen molar-refractivity contribution in [1.82, 2.24) is 5.32 Å². The first kappa shape index (κ1) is 17.7. The number of hydrogen-bond acceptors (Lipinski definition) is 2. The molecule has 0 aliphatic rings. The van der Waals surface area contributed by atoms with Crippen molar-refractivity contribution in [3.63, 3.8) is 0 Å². The van der Waals surface area contributed by atoms with Crippen LogP contribution in [0.4, 0.5) is 0 Å². The summed E-state index contributed by atoms with van der Waals surface area (Å²) < 4.78 is 1.01. The van der Waals surface area contributed by atoms with E-state index in [1.807, 2.05) is 38.1 Å². The van der Waals surface area contributed by atoms with Gasteiger partial charge in [0.15, 0.2) is 0 Å². The molecule has 2 N–H and O–H groups in total. The van der Waals surface area contributed by atoms with Crippen LogP contribution in [0.1, 0.15) is 44.6 Å². The van der Waals surface area contributed by atoms with E-state index in [4.69, 9.17) is 5.11 Å². The summed E-state index contributed by atoms with van der Waals surface area (Å²) in [5.74, 6) is -1.35. The van der Waals surface area contributed by atoms with Crippen molar-refractivity contribution in [2.24, 2.45) is 5.92 Å². The maximum atomic E-state index is 11.9. The van der Waals surface area contributed by atoms with Crippen molar-refractivity contribution < 1.29 is 14.7 Å². The van der Waals surface area contributed by atoms with Crippen LogP contribution in [0.5, 0.6) is 0 Å². The number of carbonyl (C=O) groups is 2. The zero-order valence-corrected chi connectivity index (χ0v) is 14.0. The average Bonchev–Trinajstić information content (AvgIpc) is 2.43. The molecule has 0 spiro atoms. The molecule has 5 heteroatoms. The van der Waals surface area contributed by atoms with Crippen molar-refractivity contribution >= 4 is 27.8 Å². The number of amides is 1. The van der Waals surface area contributed by atoms with Crippen molar-refractivity contribution in [3.8, 4) is 0 Å². The summed E-state index contributed by atoms with van der Waals surface area (Å²) in [6.07, 6.45) is 1.74. The van der Waals surface area contributed by atoms with E-state index in [0.717, 1.165) is 16.5 Å². The summed E-state index contributed by atoms with van der Waals surface area (Å²) >= 11 is 3.38. The Morgan fingerprint density at radius 3 is 2.43 bits per heavy atom. The van der Waals surface area contributed by atoms with Crippen molar-refractivity contribution in [1.29, 1.82) is 0 Å². The third-order valence-electron chi connectivity index (χ3n) is 3.46. The number of carboxylic acid groups (broad SMARTS) is 1. The Bertz CT molecular complexity index is 473. The summed E-state index contributed by atoms with van der Waals surface area (Å²) in [6.45, 7) is 4.13. The lowest BCUT2D eigenvalue weighted by atomic mass is 9.97. The predicted octanol–water partition coefficient (Wildman–Crippen LogP) is 3.56. The summed E-state index contributed by atoms with van der Waals surface area (Å²) in [6, 6.07) is 7.87. The van der Waals surface area contributed by atoms with Crippen LogP contribution in [0, 0.1) is 5.92 Å². The van der Waals surface area contributed by atoms with Gasteiger partial charge in [-0.2, -0.15) is 0 Å². The van der Waals surface area contributed by atoms with E-state index in [0.29, 0.717) is 12.8 Å². The van der Waals surface area contributed by atoms with Crippen molar-refractivity contribution in [3.05, 3.63) is 34.3 Å². The molecule has 2 atom stereocenters. The lowest BCUT2D eigenvalue weighted by Crippen LogP contribution is -2.33. The zero-order chi connectivity index (χ0) is 15.8. The molecular weight excluding hydrogens is 334 g/mol. The van der Waals surface area contributed by atoms with E-state index in [2.05, 4.69) is 21.2 Å². The quantitative estimate of drug-likeness (QED) is 0.749. The van der Waals surface area contributed by atoms with E-state index < -0.39 is 11.9 Å². The number of halogens is 1. The van der Waals surface area contributed by atoms with Crippen LogP contribution in [0.25, 0.3) is 0 Å². The highest BCUT2D eigenvalue weighted by Gasteiger charge is 2.18. The van der Waals surface area contributed by atoms with Gasteiger partial charge in [-0.05, 0) is 30.0 Å². The predicted molar refractivity (Wildman–Crippen MR) is 86.2 cm³/mol. The SMILES string of the molecule is CCCC(CNC(=O)CC(C)c1ccc(Br)cc1)C(=O)O. The molecule has 0 aromatic heterocycles. The molecule has 0 aliphatic carbocycles. The van der Waals surface area contributed by atoms with Gasteiger partial charge in [-0.1, -0.05) is 48.3 Å². The Kier molecular flexibility index (Phi) is 7.43. The first-order valence-corrected chi connectivity index (χ1v) is 7.98. The second kappa shape index (κ2) is 8.82. The molecule has 2 unspecified atom stereocenters. The average molecular weight is 356 g/mol. The van der Waals surface area contributed by atoms with Crippen LogP contribution < -0.4 is 5.32 Å².